The number of para-hydroxylation sites is 4. The molecule has 18 heteroatoms. The molecule has 0 saturated carbocycles. The van der Waals surface area contributed by atoms with Crippen molar-refractivity contribution in [3.63, 3.8) is 0 Å². The monoisotopic (exact) mass is 732 g/mol. The van der Waals surface area contributed by atoms with Crippen molar-refractivity contribution in [1.82, 2.24) is 19.9 Å². The number of hydrogen-bond acceptors (Lipinski definition) is 12. The Hall–Kier alpha value is -7.76. The quantitative estimate of drug-likeness (QED) is 0.0330. The normalized spacial score (nSPS) is 11.6. The Balaban J connectivity index is 1.05. The van der Waals surface area contributed by atoms with Gasteiger partial charge < -0.3 is 40.0 Å². The van der Waals surface area contributed by atoms with Gasteiger partial charge in [-0.1, -0.05) is 24.3 Å². The molecule has 2 aromatic heterocycles. The molecule has 0 aliphatic carbocycles. The molecule has 2 heterocycles. The van der Waals surface area contributed by atoms with Gasteiger partial charge in [-0.05, 0) is 60.7 Å². The van der Waals surface area contributed by atoms with Crippen LogP contribution in [0.4, 0.5) is 22.7 Å². The van der Waals surface area contributed by atoms with Crippen molar-refractivity contribution in [2.45, 2.75) is 13.8 Å². The fourth-order valence-electron chi connectivity index (χ4n) is 5.09. The number of nitrogens with one attached hydrogen (secondary N) is 8. The smallest absolute Gasteiger partial charge is 0.323 e. The lowest BCUT2D eigenvalue weighted by atomic mass is 10.2. The van der Waals surface area contributed by atoms with Crippen LogP contribution in [0.25, 0.3) is 22.1 Å². The number of nitrogens with zero attached hydrogens (tertiary/aromatic N) is 2. The predicted octanol–water partition coefficient (Wildman–Crippen LogP) is 3.47. The van der Waals surface area contributed by atoms with Crippen LogP contribution in [-0.2, 0) is 19.2 Å². The number of aromatic amines is 4. The third kappa shape index (κ3) is 8.75. The van der Waals surface area contributed by atoms with Gasteiger partial charge in [-0.2, -0.15) is 10.2 Å². The van der Waals surface area contributed by atoms with Crippen LogP contribution in [0.3, 0.4) is 0 Å². The summed E-state index contributed by atoms with van der Waals surface area (Å²) in [5.74, 6) is -2.01. The van der Waals surface area contributed by atoms with Gasteiger partial charge in [-0.3, -0.25) is 30.0 Å². The van der Waals surface area contributed by atoms with Gasteiger partial charge in [-0.15, -0.1) is 0 Å². The largest absolute Gasteiger partial charge is 0.488 e. The molecule has 4 aromatic carbocycles. The van der Waals surface area contributed by atoms with Crippen LogP contribution in [0, 0.1) is 0 Å². The first kappa shape index (κ1) is 36.0. The SMILES string of the molecule is CC(=O)/C(=N/Nc1ccccc1OCCOc1ccccc1N/N=C(/C(C)=O)C(=O)Nc1ccc2[nH]c(=O)[nH]c2c1)C(=O)Nc1ccc2[nH]c(=O)[nH]c2c1. The number of anilines is 4. The Morgan fingerprint density at radius 3 is 1.35 bits per heavy atom. The summed E-state index contributed by atoms with van der Waals surface area (Å²) in [5.41, 5.74) is 7.34. The molecule has 0 bridgehead atoms. The Morgan fingerprint density at radius 1 is 0.556 bits per heavy atom. The van der Waals surface area contributed by atoms with Crippen LogP contribution >= 0.6 is 0 Å². The second kappa shape index (κ2) is 16.1. The third-order valence-corrected chi connectivity index (χ3v) is 7.59. The number of H-pyrrole nitrogens is 4. The van der Waals surface area contributed by atoms with Gasteiger partial charge in [0.05, 0.1) is 33.4 Å². The van der Waals surface area contributed by atoms with Crippen molar-refractivity contribution >= 4 is 79.6 Å². The lowest BCUT2D eigenvalue weighted by Crippen LogP contribution is -2.29. The summed E-state index contributed by atoms with van der Waals surface area (Å²) in [7, 11) is 0. The number of carbonyl (C=O) groups is 4. The fourth-order valence-corrected chi connectivity index (χ4v) is 5.09. The van der Waals surface area contributed by atoms with E-state index in [1.54, 1.807) is 84.9 Å². The average Bonchev–Trinajstić information content (AvgIpc) is 3.70. The van der Waals surface area contributed by atoms with Gasteiger partial charge in [0.2, 0.25) is 0 Å². The van der Waals surface area contributed by atoms with Crippen molar-refractivity contribution in [3.8, 4) is 11.5 Å². The molecule has 6 rings (SSSR count). The lowest BCUT2D eigenvalue weighted by molar-refractivity contribution is -0.116. The van der Waals surface area contributed by atoms with Crippen LogP contribution in [0.2, 0.25) is 0 Å². The second-order valence-electron chi connectivity index (χ2n) is 11.5. The molecule has 0 spiro atoms. The van der Waals surface area contributed by atoms with Crippen molar-refractivity contribution in [1.29, 1.82) is 0 Å². The number of ketones is 2. The van der Waals surface area contributed by atoms with E-state index in [0.717, 1.165) is 0 Å². The number of hydrazone groups is 2. The number of hydrogen-bond donors (Lipinski definition) is 8. The number of amides is 2. The number of aromatic nitrogens is 4. The Bertz CT molecular complexity index is 2400. The summed E-state index contributed by atoms with van der Waals surface area (Å²) in [6.45, 7) is 2.52. The van der Waals surface area contributed by atoms with E-state index in [-0.39, 0.29) is 13.2 Å². The molecule has 0 saturated heterocycles. The van der Waals surface area contributed by atoms with E-state index < -0.39 is 46.2 Å². The minimum absolute atomic E-state index is 0.0572. The van der Waals surface area contributed by atoms with Gasteiger partial charge in [0.15, 0.2) is 23.0 Å². The van der Waals surface area contributed by atoms with E-state index in [4.69, 9.17) is 9.47 Å². The maximum Gasteiger partial charge on any atom is 0.323 e. The maximum absolute atomic E-state index is 12.9. The molecule has 54 heavy (non-hydrogen) atoms. The number of imidazole rings is 2. The predicted molar refractivity (Wildman–Crippen MR) is 202 cm³/mol. The number of Topliss-reactive ketones (excluding diaryl/α,β-unsaturated/α-hetero) is 2. The first-order valence-corrected chi connectivity index (χ1v) is 16.2. The topological polar surface area (TPSA) is 257 Å². The zero-order valence-corrected chi connectivity index (χ0v) is 28.7. The van der Waals surface area contributed by atoms with E-state index in [9.17, 15) is 28.8 Å². The summed E-state index contributed by atoms with van der Waals surface area (Å²) in [6, 6.07) is 22.9. The minimum Gasteiger partial charge on any atom is -0.488 e. The van der Waals surface area contributed by atoms with Crippen molar-refractivity contribution in [3.05, 3.63) is 106 Å². The van der Waals surface area contributed by atoms with Crippen molar-refractivity contribution < 1.29 is 28.7 Å². The first-order chi connectivity index (χ1) is 26.0. The summed E-state index contributed by atoms with van der Waals surface area (Å²) < 4.78 is 11.8. The molecule has 0 fully saturated rings. The van der Waals surface area contributed by atoms with Gasteiger partial charge in [0, 0.05) is 25.2 Å². The minimum atomic E-state index is -0.764. The van der Waals surface area contributed by atoms with E-state index >= 15 is 0 Å². The van der Waals surface area contributed by atoms with Crippen LogP contribution in [-0.4, -0.2) is 68.0 Å². The van der Waals surface area contributed by atoms with E-state index in [0.29, 0.717) is 56.3 Å². The van der Waals surface area contributed by atoms with E-state index in [1.165, 1.54) is 13.8 Å². The van der Waals surface area contributed by atoms with Gasteiger partial charge in [-0.25, -0.2) is 9.59 Å². The molecule has 8 N–H and O–H groups in total. The van der Waals surface area contributed by atoms with Crippen LogP contribution < -0.4 is 42.3 Å². The highest BCUT2D eigenvalue weighted by molar-refractivity contribution is 6.67. The van der Waals surface area contributed by atoms with Crippen molar-refractivity contribution in [2.75, 3.05) is 34.7 Å². The lowest BCUT2D eigenvalue weighted by Gasteiger charge is -2.14. The Kier molecular flexibility index (Phi) is 10.7. The summed E-state index contributed by atoms with van der Waals surface area (Å²) in [5, 5.41) is 13.3. The Labute approximate surface area is 304 Å². The third-order valence-electron chi connectivity index (χ3n) is 7.59. The summed E-state index contributed by atoms with van der Waals surface area (Å²) in [6.07, 6.45) is 0. The summed E-state index contributed by atoms with van der Waals surface area (Å²) >= 11 is 0. The van der Waals surface area contributed by atoms with Crippen molar-refractivity contribution in [2.24, 2.45) is 10.2 Å². The number of fused-ring (bicyclic) bond motifs is 2. The highest BCUT2D eigenvalue weighted by Crippen LogP contribution is 2.26. The van der Waals surface area contributed by atoms with Crippen LogP contribution in [0.1, 0.15) is 13.8 Å². The van der Waals surface area contributed by atoms with E-state index in [2.05, 4.69) is 51.6 Å². The highest BCUT2D eigenvalue weighted by Gasteiger charge is 2.19. The number of carbonyl (C=O) groups excluding carboxylic acids is 4. The molecule has 2 amide bonds. The maximum atomic E-state index is 12.9. The van der Waals surface area contributed by atoms with E-state index in [1.807, 2.05) is 0 Å². The average molecular weight is 733 g/mol. The first-order valence-electron chi connectivity index (χ1n) is 16.2. The molecule has 0 aliphatic heterocycles. The second-order valence-corrected chi connectivity index (χ2v) is 11.5. The molecule has 6 aromatic rings. The molecule has 18 nitrogen and oxygen atoms in total. The molecule has 0 radical (unpaired) electrons. The Morgan fingerprint density at radius 2 is 0.944 bits per heavy atom. The molecule has 274 valence electrons. The molecular weight excluding hydrogens is 700 g/mol. The molecule has 0 unspecified atom stereocenters. The highest BCUT2D eigenvalue weighted by atomic mass is 16.5. The van der Waals surface area contributed by atoms with Crippen LogP contribution in [0.15, 0.2) is 105 Å². The molecular formula is C36H32N10O8. The fraction of sp³-hybridized carbons (Fsp3) is 0.111. The number of rotatable bonds is 15. The zero-order valence-electron chi connectivity index (χ0n) is 28.7. The zero-order chi connectivity index (χ0) is 38.2. The summed E-state index contributed by atoms with van der Waals surface area (Å²) in [4.78, 5) is 84.1. The standard InChI is InChI=1S/C36H32N10O8/c1-19(47)31(33(49)37-21-11-13-23-27(17-21)41-35(51)39-23)45-43-25-7-3-5-9-29(25)53-15-16-54-30-10-6-4-8-26(30)44-46-32(20(2)48)34(50)38-22-12-14-24-28(18-22)42-36(52)40-24/h3-14,17-18,43-44H,15-16H2,1-2H3,(H,37,49)(H,38,50)(H2,39,41,51)(H2,40,42,52)/b45-31-,46-32-. The molecule has 0 aliphatic rings. The van der Waals surface area contributed by atoms with Gasteiger partial charge in [0.25, 0.3) is 11.8 Å². The van der Waals surface area contributed by atoms with Gasteiger partial charge in [0.1, 0.15) is 24.7 Å². The number of benzene rings is 4. The van der Waals surface area contributed by atoms with Gasteiger partial charge >= 0.3 is 11.4 Å². The molecule has 0 atom stereocenters. The van der Waals surface area contributed by atoms with Crippen LogP contribution in [0.5, 0.6) is 11.5 Å². The number of ether oxygens (including phenoxy) is 2.